The van der Waals surface area contributed by atoms with Crippen molar-refractivity contribution in [2.45, 2.75) is 45.6 Å². The van der Waals surface area contributed by atoms with Gasteiger partial charge in [0.25, 0.3) is 0 Å². The third-order valence-electron chi connectivity index (χ3n) is 3.99. The van der Waals surface area contributed by atoms with Crippen LogP contribution in [0.4, 0.5) is 4.79 Å². The summed E-state index contributed by atoms with van der Waals surface area (Å²) in [7, 11) is 0. The van der Waals surface area contributed by atoms with E-state index in [-0.39, 0.29) is 24.4 Å². The molecule has 0 aromatic heterocycles. The first-order valence-electron chi connectivity index (χ1n) is 7.64. The Kier molecular flexibility index (Phi) is 4.74. The number of carbonyl (C=O) groups excluding carboxylic acids is 1. The highest BCUT2D eigenvalue weighted by Crippen LogP contribution is 2.27. The van der Waals surface area contributed by atoms with Crippen molar-refractivity contribution in [3.63, 3.8) is 0 Å². The molecule has 1 aromatic carbocycles. The first kappa shape index (κ1) is 16.3. The van der Waals surface area contributed by atoms with Crippen molar-refractivity contribution in [1.82, 2.24) is 10.2 Å². The minimum Gasteiger partial charge on any atom is -0.481 e. The van der Waals surface area contributed by atoms with Crippen molar-refractivity contribution >= 4 is 12.0 Å². The number of hydrogen-bond acceptors (Lipinski definition) is 2. The average molecular weight is 304 g/mol. The molecule has 5 heteroatoms. The lowest BCUT2D eigenvalue weighted by molar-refractivity contribution is -0.136. The molecule has 0 fully saturated rings. The van der Waals surface area contributed by atoms with Gasteiger partial charge in [-0.1, -0.05) is 39.0 Å². The predicted molar refractivity (Wildman–Crippen MR) is 84.9 cm³/mol. The topological polar surface area (TPSA) is 69.6 Å². The molecular formula is C17H24N2O3. The van der Waals surface area contributed by atoms with Gasteiger partial charge < -0.3 is 15.3 Å². The second kappa shape index (κ2) is 6.38. The Bertz CT molecular complexity index is 576. The molecule has 0 unspecified atom stereocenters. The van der Waals surface area contributed by atoms with Gasteiger partial charge in [-0.15, -0.1) is 0 Å². The summed E-state index contributed by atoms with van der Waals surface area (Å²) in [6.45, 7) is 7.94. The number of rotatable bonds is 3. The van der Waals surface area contributed by atoms with Gasteiger partial charge in [0.1, 0.15) is 0 Å². The molecule has 5 nitrogen and oxygen atoms in total. The summed E-state index contributed by atoms with van der Waals surface area (Å²) in [6, 6.07) is 6.33. The lowest BCUT2D eigenvalue weighted by atomic mass is 9.84. The zero-order valence-corrected chi connectivity index (χ0v) is 13.5. The SMILES string of the molecule is CC(C)(C)c1ccc2c(c1)CN(C(=O)NCCC(=O)O)CC2. The molecule has 1 aliphatic heterocycles. The first-order chi connectivity index (χ1) is 10.3. The predicted octanol–water partition coefficient (Wildman–Crippen LogP) is 2.53. The maximum absolute atomic E-state index is 12.1. The minimum atomic E-state index is -0.904. The molecule has 2 rings (SSSR count). The van der Waals surface area contributed by atoms with Crippen LogP contribution in [0.15, 0.2) is 18.2 Å². The highest BCUT2D eigenvalue weighted by molar-refractivity contribution is 5.75. The molecule has 1 aliphatic rings. The number of carboxylic acids is 1. The van der Waals surface area contributed by atoms with Crippen molar-refractivity contribution < 1.29 is 14.7 Å². The molecule has 0 saturated heterocycles. The van der Waals surface area contributed by atoms with E-state index in [4.69, 9.17) is 5.11 Å². The average Bonchev–Trinajstić information content (AvgIpc) is 2.44. The van der Waals surface area contributed by atoms with Crippen LogP contribution in [0, 0.1) is 0 Å². The van der Waals surface area contributed by atoms with Crippen LogP contribution in [-0.4, -0.2) is 35.1 Å². The van der Waals surface area contributed by atoms with Crippen LogP contribution in [0.3, 0.4) is 0 Å². The van der Waals surface area contributed by atoms with E-state index in [0.29, 0.717) is 13.1 Å². The molecule has 0 spiro atoms. The number of urea groups is 1. The van der Waals surface area contributed by atoms with Crippen LogP contribution in [0.25, 0.3) is 0 Å². The Morgan fingerprint density at radius 3 is 2.64 bits per heavy atom. The fourth-order valence-corrected chi connectivity index (χ4v) is 2.59. The van der Waals surface area contributed by atoms with Gasteiger partial charge in [-0.2, -0.15) is 0 Å². The maximum Gasteiger partial charge on any atom is 0.317 e. The van der Waals surface area contributed by atoms with Crippen LogP contribution in [0.2, 0.25) is 0 Å². The third-order valence-corrected chi connectivity index (χ3v) is 3.99. The van der Waals surface area contributed by atoms with Crippen LogP contribution < -0.4 is 5.32 Å². The quantitative estimate of drug-likeness (QED) is 0.901. The lowest BCUT2D eigenvalue weighted by Crippen LogP contribution is -2.43. The summed E-state index contributed by atoms with van der Waals surface area (Å²) < 4.78 is 0. The van der Waals surface area contributed by atoms with E-state index >= 15 is 0 Å². The molecule has 0 aliphatic carbocycles. The standard InChI is InChI=1S/C17H24N2O3/c1-17(2,3)14-5-4-12-7-9-19(11-13(12)10-14)16(22)18-8-6-15(20)21/h4-5,10H,6-9,11H2,1-3H3,(H,18,22)(H,20,21). The molecule has 2 N–H and O–H groups in total. The highest BCUT2D eigenvalue weighted by Gasteiger charge is 2.22. The fraction of sp³-hybridized carbons (Fsp3) is 0.529. The summed E-state index contributed by atoms with van der Waals surface area (Å²) in [5.41, 5.74) is 3.83. The number of benzene rings is 1. The third kappa shape index (κ3) is 4.00. The van der Waals surface area contributed by atoms with Gasteiger partial charge in [0.2, 0.25) is 0 Å². The van der Waals surface area contributed by atoms with E-state index in [1.165, 1.54) is 16.7 Å². The zero-order chi connectivity index (χ0) is 16.3. The van der Waals surface area contributed by atoms with Gasteiger partial charge in [-0.05, 0) is 28.5 Å². The number of amides is 2. The van der Waals surface area contributed by atoms with Crippen molar-refractivity contribution in [1.29, 1.82) is 0 Å². The van der Waals surface area contributed by atoms with Crippen molar-refractivity contribution in [2.75, 3.05) is 13.1 Å². The summed E-state index contributed by atoms with van der Waals surface area (Å²) in [6.07, 6.45) is 0.788. The van der Waals surface area contributed by atoms with Gasteiger partial charge in [-0.25, -0.2) is 4.79 Å². The maximum atomic E-state index is 12.1. The summed E-state index contributed by atoms with van der Waals surface area (Å²) in [5, 5.41) is 11.3. The van der Waals surface area contributed by atoms with E-state index in [2.05, 4.69) is 44.3 Å². The van der Waals surface area contributed by atoms with Crippen molar-refractivity contribution in [3.05, 3.63) is 34.9 Å². The number of nitrogens with one attached hydrogen (secondary N) is 1. The Morgan fingerprint density at radius 1 is 1.27 bits per heavy atom. The molecule has 1 heterocycles. The molecule has 120 valence electrons. The highest BCUT2D eigenvalue weighted by atomic mass is 16.4. The molecule has 0 saturated carbocycles. The molecule has 0 bridgehead atoms. The first-order valence-corrected chi connectivity index (χ1v) is 7.64. The van der Waals surface area contributed by atoms with E-state index in [1.54, 1.807) is 4.90 Å². The van der Waals surface area contributed by atoms with Gasteiger partial charge >= 0.3 is 12.0 Å². The van der Waals surface area contributed by atoms with Crippen LogP contribution >= 0.6 is 0 Å². The molecular weight excluding hydrogens is 280 g/mol. The normalized spacial score (nSPS) is 14.4. The largest absolute Gasteiger partial charge is 0.481 e. The zero-order valence-electron chi connectivity index (χ0n) is 13.5. The van der Waals surface area contributed by atoms with Crippen LogP contribution in [0.1, 0.15) is 43.9 Å². The number of carboxylic acid groups (broad SMARTS) is 1. The second-order valence-electron chi connectivity index (χ2n) is 6.78. The Hall–Kier alpha value is -2.04. The number of hydrogen-bond donors (Lipinski definition) is 2. The monoisotopic (exact) mass is 304 g/mol. The molecule has 0 atom stereocenters. The Labute approximate surface area is 131 Å². The smallest absolute Gasteiger partial charge is 0.317 e. The van der Waals surface area contributed by atoms with E-state index in [0.717, 1.165) is 6.42 Å². The molecule has 2 amide bonds. The number of nitrogens with zero attached hydrogens (tertiary/aromatic N) is 1. The van der Waals surface area contributed by atoms with Gasteiger partial charge in [0.05, 0.1) is 6.42 Å². The molecule has 22 heavy (non-hydrogen) atoms. The van der Waals surface area contributed by atoms with Crippen LogP contribution in [0.5, 0.6) is 0 Å². The van der Waals surface area contributed by atoms with Gasteiger partial charge in [-0.3, -0.25) is 4.79 Å². The van der Waals surface area contributed by atoms with Gasteiger partial charge in [0.15, 0.2) is 0 Å². The van der Waals surface area contributed by atoms with E-state index in [9.17, 15) is 9.59 Å². The van der Waals surface area contributed by atoms with E-state index < -0.39 is 5.97 Å². The van der Waals surface area contributed by atoms with Gasteiger partial charge in [0, 0.05) is 19.6 Å². The Balaban J connectivity index is 2.03. The summed E-state index contributed by atoms with van der Waals surface area (Å²) in [5.74, 6) is -0.904. The molecule has 1 aromatic rings. The number of fused-ring (bicyclic) bond motifs is 1. The minimum absolute atomic E-state index is 0.0513. The summed E-state index contributed by atoms with van der Waals surface area (Å²) >= 11 is 0. The number of carbonyl (C=O) groups is 2. The molecule has 0 radical (unpaired) electrons. The second-order valence-corrected chi connectivity index (χ2v) is 6.78. The van der Waals surface area contributed by atoms with Crippen molar-refractivity contribution in [2.24, 2.45) is 0 Å². The Morgan fingerprint density at radius 2 is 2.00 bits per heavy atom. The lowest BCUT2D eigenvalue weighted by Gasteiger charge is -2.30. The van der Waals surface area contributed by atoms with Crippen LogP contribution in [-0.2, 0) is 23.2 Å². The number of aliphatic carboxylic acids is 1. The van der Waals surface area contributed by atoms with E-state index in [1.807, 2.05) is 0 Å². The fourth-order valence-electron chi connectivity index (χ4n) is 2.59. The van der Waals surface area contributed by atoms with Crippen molar-refractivity contribution in [3.8, 4) is 0 Å². The summed E-state index contributed by atoms with van der Waals surface area (Å²) in [4.78, 5) is 24.3.